The number of amides is 1. The highest BCUT2D eigenvalue weighted by atomic mass is 16.2. The van der Waals surface area contributed by atoms with Crippen LogP contribution in [0, 0.1) is 11.8 Å². The highest BCUT2D eigenvalue weighted by Crippen LogP contribution is 2.38. The van der Waals surface area contributed by atoms with E-state index in [0.29, 0.717) is 5.91 Å². The predicted octanol–water partition coefficient (Wildman–Crippen LogP) is 4.20. The van der Waals surface area contributed by atoms with Crippen molar-refractivity contribution in [3.63, 3.8) is 0 Å². The van der Waals surface area contributed by atoms with Gasteiger partial charge in [-0.2, -0.15) is 10.8 Å². The van der Waals surface area contributed by atoms with Gasteiger partial charge in [0.15, 0.2) is 0 Å². The number of hydrogen-bond acceptors (Lipinski definition) is 4. The second-order valence-corrected chi connectivity index (χ2v) is 9.76. The summed E-state index contributed by atoms with van der Waals surface area (Å²) in [5.41, 5.74) is 3.95. The van der Waals surface area contributed by atoms with Gasteiger partial charge in [-0.3, -0.25) is 9.79 Å². The number of carbonyl (C=O) groups is 1. The van der Waals surface area contributed by atoms with Crippen molar-refractivity contribution in [3.05, 3.63) is 59.8 Å². The molecular formula is C26H31N6O+. The topological polar surface area (TPSA) is 86.8 Å². The van der Waals surface area contributed by atoms with Gasteiger partial charge in [0.05, 0.1) is 12.4 Å². The van der Waals surface area contributed by atoms with Gasteiger partial charge in [-0.15, -0.1) is 4.59 Å². The number of aromatic amines is 1. The number of amidine groups is 1. The molecule has 2 fully saturated rings. The van der Waals surface area contributed by atoms with Crippen molar-refractivity contribution < 1.29 is 9.39 Å². The molecule has 1 saturated carbocycles. The zero-order valence-corrected chi connectivity index (χ0v) is 18.9. The van der Waals surface area contributed by atoms with Crippen LogP contribution in [-0.2, 0) is 4.79 Å². The van der Waals surface area contributed by atoms with Crippen molar-refractivity contribution in [1.82, 2.24) is 9.88 Å². The Labute approximate surface area is 193 Å². The number of aromatic nitrogens is 1. The average Bonchev–Trinajstić information content (AvgIpc) is 3.42. The molecule has 33 heavy (non-hydrogen) atoms. The van der Waals surface area contributed by atoms with E-state index < -0.39 is 0 Å². The lowest BCUT2D eigenvalue weighted by atomic mass is 9.86. The molecule has 4 heterocycles. The van der Waals surface area contributed by atoms with Crippen molar-refractivity contribution in [1.29, 1.82) is 0 Å². The Hall–Kier alpha value is -3.03. The molecule has 1 aromatic heterocycles. The number of allylic oxidation sites excluding steroid dienone is 2. The summed E-state index contributed by atoms with van der Waals surface area (Å²) in [6, 6.07) is 10.3. The van der Waals surface area contributed by atoms with Crippen molar-refractivity contribution in [3.8, 4) is 0 Å². The molecular weight excluding hydrogens is 412 g/mol. The maximum absolute atomic E-state index is 13.0. The Kier molecular flexibility index (Phi) is 5.03. The Bertz CT molecular complexity index is 1170. The molecule has 3 N–H and O–H groups in total. The number of hydrogen-bond donors (Lipinski definition) is 2. The number of carbonyl (C=O) groups excluding carboxylic acids is 1. The molecule has 1 atom stereocenters. The summed E-state index contributed by atoms with van der Waals surface area (Å²) < 4.78 is 0.0346. The molecule has 7 heteroatoms. The Balaban J connectivity index is 1.26. The van der Waals surface area contributed by atoms with Crippen LogP contribution in [0.15, 0.2) is 64.1 Å². The maximum atomic E-state index is 13.0. The average molecular weight is 444 g/mol. The van der Waals surface area contributed by atoms with E-state index in [-0.39, 0.29) is 16.4 Å². The minimum absolute atomic E-state index is 0.0346. The molecule has 7 nitrogen and oxygen atoms in total. The summed E-state index contributed by atoms with van der Waals surface area (Å²) in [6.07, 6.45) is 13.1. The summed E-state index contributed by atoms with van der Waals surface area (Å²) in [4.78, 5) is 28.1. The van der Waals surface area contributed by atoms with Gasteiger partial charge in [-0.05, 0) is 37.8 Å². The van der Waals surface area contributed by atoms with Crippen LogP contribution in [0.5, 0.6) is 0 Å². The number of nitrogens with one attached hydrogen (secondary N) is 1. The second kappa shape index (κ2) is 8.08. The highest BCUT2D eigenvalue weighted by molar-refractivity contribution is 6.02. The third kappa shape index (κ3) is 3.47. The molecule has 6 rings (SSSR count). The van der Waals surface area contributed by atoms with E-state index in [0.717, 1.165) is 72.6 Å². The standard InChI is InChI=1S/C26H31N6O/c27-32-15-12-28-17-23(32)24(30-25(32)22-16-20-8-4-5-9-21(20)29-22)18-10-13-31(14-11-18)26(33)19-6-2-1-3-7-19/h4-5,8-9,12,15-19,29H,1-3,6-7,10-11,13-14,27H2/q+1. The van der Waals surface area contributed by atoms with Crippen LogP contribution in [0.4, 0.5) is 0 Å². The molecule has 1 aliphatic carbocycles. The van der Waals surface area contributed by atoms with Crippen molar-refractivity contribution in [2.24, 2.45) is 27.7 Å². The van der Waals surface area contributed by atoms with Crippen LogP contribution >= 0.6 is 0 Å². The number of quaternary nitrogens is 1. The van der Waals surface area contributed by atoms with Crippen LogP contribution < -0.4 is 5.84 Å². The molecule has 1 amide bonds. The van der Waals surface area contributed by atoms with Gasteiger partial charge >= 0.3 is 0 Å². The van der Waals surface area contributed by atoms with E-state index in [9.17, 15) is 4.79 Å². The summed E-state index contributed by atoms with van der Waals surface area (Å²) in [5.74, 6) is 8.59. The normalized spacial score (nSPS) is 26.2. The minimum atomic E-state index is 0.0346. The third-order valence-corrected chi connectivity index (χ3v) is 7.74. The fourth-order valence-electron chi connectivity index (χ4n) is 5.86. The summed E-state index contributed by atoms with van der Waals surface area (Å²) in [6.45, 7) is 1.59. The first-order valence-corrected chi connectivity index (χ1v) is 12.2. The van der Waals surface area contributed by atoms with Crippen molar-refractivity contribution in [2.75, 3.05) is 13.1 Å². The van der Waals surface area contributed by atoms with E-state index in [1.807, 2.05) is 24.5 Å². The van der Waals surface area contributed by atoms with Crippen molar-refractivity contribution in [2.45, 2.75) is 44.9 Å². The van der Waals surface area contributed by atoms with Crippen LogP contribution in [0.25, 0.3) is 10.9 Å². The number of aliphatic imine (C=N–C) groups is 2. The van der Waals surface area contributed by atoms with Gasteiger partial charge in [0.2, 0.25) is 11.6 Å². The number of likely N-dealkylation sites (tertiary alicyclic amines) is 1. The first-order valence-electron chi connectivity index (χ1n) is 12.2. The number of nitrogens with zero attached hydrogens (tertiary/aromatic N) is 4. The van der Waals surface area contributed by atoms with E-state index in [1.165, 1.54) is 19.3 Å². The molecule has 0 bridgehead atoms. The smallest absolute Gasteiger partial charge is 0.281 e. The summed E-state index contributed by atoms with van der Waals surface area (Å²) >= 11 is 0. The number of H-pyrrole nitrogens is 1. The van der Waals surface area contributed by atoms with Gasteiger partial charge in [0, 0.05) is 35.8 Å². The van der Waals surface area contributed by atoms with Gasteiger partial charge in [-0.1, -0.05) is 37.5 Å². The molecule has 1 unspecified atom stereocenters. The number of benzene rings is 1. The van der Waals surface area contributed by atoms with Gasteiger partial charge in [0.1, 0.15) is 17.6 Å². The van der Waals surface area contributed by atoms with Crippen molar-refractivity contribution >= 4 is 28.9 Å². The van der Waals surface area contributed by atoms with Gasteiger partial charge in [-0.25, -0.2) is 0 Å². The van der Waals surface area contributed by atoms with E-state index >= 15 is 0 Å². The van der Waals surface area contributed by atoms with Crippen LogP contribution in [-0.4, -0.2) is 45.5 Å². The Morgan fingerprint density at radius 2 is 1.88 bits per heavy atom. The van der Waals surface area contributed by atoms with E-state index in [4.69, 9.17) is 10.8 Å². The van der Waals surface area contributed by atoms with Gasteiger partial charge in [0.25, 0.3) is 5.84 Å². The number of nitrogens with two attached hydrogens (primary N) is 1. The third-order valence-electron chi connectivity index (χ3n) is 7.74. The Morgan fingerprint density at radius 3 is 2.67 bits per heavy atom. The van der Waals surface area contributed by atoms with Gasteiger partial charge < -0.3 is 9.88 Å². The maximum Gasteiger partial charge on any atom is 0.281 e. The molecule has 1 saturated heterocycles. The molecule has 0 spiro atoms. The van der Waals surface area contributed by atoms with Crippen LogP contribution in [0.1, 0.15) is 50.6 Å². The largest absolute Gasteiger partial charge is 0.349 e. The molecule has 1 aromatic carbocycles. The lowest BCUT2D eigenvalue weighted by Crippen LogP contribution is -2.53. The van der Waals surface area contributed by atoms with E-state index in [2.05, 4.69) is 33.1 Å². The molecule has 4 aliphatic rings. The Morgan fingerprint density at radius 1 is 1.09 bits per heavy atom. The van der Waals surface area contributed by atoms with Crippen LogP contribution in [0.2, 0.25) is 0 Å². The van der Waals surface area contributed by atoms with E-state index in [1.54, 1.807) is 6.20 Å². The number of piperidine rings is 1. The fraction of sp³-hybridized carbons (Fsp3) is 0.423. The number of fused-ring (bicyclic) bond motifs is 2. The fourth-order valence-corrected chi connectivity index (χ4v) is 5.86. The zero-order chi connectivity index (χ0) is 22.4. The molecule has 0 radical (unpaired) electrons. The monoisotopic (exact) mass is 443 g/mol. The minimum Gasteiger partial charge on any atom is -0.349 e. The zero-order valence-electron chi connectivity index (χ0n) is 18.9. The molecule has 3 aliphatic heterocycles. The lowest BCUT2D eigenvalue weighted by Gasteiger charge is -2.35. The summed E-state index contributed by atoms with van der Waals surface area (Å²) in [5, 5.41) is 1.14. The highest BCUT2D eigenvalue weighted by Gasteiger charge is 2.47. The summed E-state index contributed by atoms with van der Waals surface area (Å²) in [7, 11) is 0. The second-order valence-electron chi connectivity index (χ2n) is 9.76. The first kappa shape index (κ1) is 20.6. The number of rotatable bonds is 3. The predicted molar refractivity (Wildman–Crippen MR) is 130 cm³/mol. The SMILES string of the molecule is N[N+]12C=CN=CC1=C(C1CCN(C(=O)C3CCCCC3)CC1)N=C2c1cc2ccccc2[nH]1. The lowest BCUT2D eigenvalue weighted by molar-refractivity contribution is -0.750. The molecule has 2 aromatic rings. The first-order chi connectivity index (χ1) is 16.1. The van der Waals surface area contributed by atoms with Crippen LogP contribution in [0.3, 0.4) is 0 Å². The quantitative estimate of drug-likeness (QED) is 0.550. The molecule has 170 valence electrons. The number of para-hydroxylation sites is 1.